The van der Waals surface area contributed by atoms with Crippen molar-refractivity contribution in [3.63, 3.8) is 0 Å². The summed E-state index contributed by atoms with van der Waals surface area (Å²) in [6, 6.07) is -0.157. The van der Waals surface area contributed by atoms with Gasteiger partial charge in [-0.25, -0.2) is 0 Å². The predicted octanol–water partition coefficient (Wildman–Crippen LogP) is -1.85. The van der Waals surface area contributed by atoms with Gasteiger partial charge in [-0.05, 0) is 6.92 Å². The lowest BCUT2D eigenvalue weighted by molar-refractivity contribution is -0.171. The lowest BCUT2D eigenvalue weighted by Gasteiger charge is -2.34. The average Bonchev–Trinajstić information content (AvgIpc) is 2.25. The number of morpholine rings is 2. The lowest BCUT2D eigenvalue weighted by Crippen LogP contribution is -2.53. The zero-order valence-electron chi connectivity index (χ0n) is 10.5. The molecular weight excluding hydrogens is 256 g/mol. The van der Waals surface area contributed by atoms with Crippen LogP contribution in [0.5, 0.6) is 0 Å². The van der Waals surface area contributed by atoms with E-state index in [-0.39, 0.29) is 32.2 Å². The first-order valence-electron chi connectivity index (χ1n) is 5.87. The second-order valence-electron chi connectivity index (χ2n) is 4.62. The minimum atomic E-state index is -0.586. The Morgan fingerprint density at radius 3 is 1.79 bits per heavy atom. The smallest absolute Gasteiger partial charge is 0.327 e. The Hall–Kier alpha value is -1.80. The van der Waals surface area contributed by atoms with Gasteiger partial charge in [0.25, 0.3) is 0 Å². The van der Waals surface area contributed by atoms with Crippen LogP contribution in [-0.4, -0.2) is 72.4 Å². The molecule has 2 aliphatic heterocycles. The number of hydrogen-bond donors (Lipinski definition) is 0. The van der Waals surface area contributed by atoms with Gasteiger partial charge in [0.1, 0.15) is 0 Å². The largest absolute Gasteiger partial charge is 0.391 e. The molecule has 0 saturated carbocycles. The summed E-state index contributed by atoms with van der Waals surface area (Å²) in [5, 5.41) is 0. The Bertz CT molecular complexity index is 403. The highest BCUT2D eigenvalue weighted by Gasteiger charge is 2.31. The van der Waals surface area contributed by atoms with E-state index in [1.807, 2.05) is 6.92 Å². The van der Waals surface area contributed by atoms with E-state index in [9.17, 15) is 19.2 Å². The number of carbonyl (C=O) groups is 4. The molecule has 104 valence electrons. The highest BCUT2D eigenvalue weighted by Crippen LogP contribution is 2.09. The van der Waals surface area contributed by atoms with E-state index in [0.29, 0.717) is 6.54 Å². The summed E-state index contributed by atoms with van der Waals surface area (Å²) in [4.78, 5) is 47.8. The molecule has 0 aromatic carbocycles. The van der Waals surface area contributed by atoms with Gasteiger partial charge >= 0.3 is 23.9 Å². The van der Waals surface area contributed by atoms with Crippen LogP contribution in [-0.2, 0) is 28.7 Å². The SMILES string of the molecule is C[C@@H](CN1CC(=O)OC(=O)C1)N1CC(=O)OC(=O)C1. The van der Waals surface area contributed by atoms with Crippen LogP contribution in [0.25, 0.3) is 0 Å². The minimum Gasteiger partial charge on any atom is -0.391 e. The quantitative estimate of drug-likeness (QED) is 0.435. The summed E-state index contributed by atoms with van der Waals surface area (Å²) < 4.78 is 8.85. The van der Waals surface area contributed by atoms with Crippen molar-refractivity contribution in [2.45, 2.75) is 13.0 Å². The van der Waals surface area contributed by atoms with Gasteiger partial charge < -0.3 is 9.47 Å². The van der Waals surface area contributed by atoms with E-state index in [1.165, 1.54) is 0 Å². The van der Waals surface area contributed by atoms with Crippen LogP contribution in [0.4, 0.5) is 0 Å². The van der Waals surface area contributed by atoms with Gasteiger partial charge in [-0.3, -0.25) is 29.0 Å². The molecule has 2 heterocycles. The molecule has 0 amide bonds. The molecule has 19 heavy (non-hydrogen) atoms. The van der Waals surface area contributed by atoms with E-state index in [4.69, 9.17) is 0 Å². The standard InChI is InChI=1S/C11H14N2O6/c1-7(13-5-10(16)19-11(17)6-13)2-12-3-8(14)18-9(15)4-12/h7H,2-6H2,1H3/t7-/m0/s1. The third kappa shape index (κ3) is 3.58. The summed E-state index contributed by atoms with van der Waals surface area (Å²) >= 11 is 0. The van der Waals surface area contributed by atoms with Crippen molar-refractivity contribution >= 4 is 23.9 Å². The van der Waals surface area contributed by atoms with Crippen LogP contribution < -0.4 is 0 Å². The number of rotatable bonds is 3. The molecular formula is C11H14N2O6. The van der Waals surface area contributed by atoms with Crippen LogP contribution in [0.15, 0.2) is 0 Å². The Morgan fingerprint density at radius 1 is 0.895 bits per heavy atom. The van der Waals surface area contributed by atoms with E-state index >= 15 is 0 Å². The molecule has 2 rings (SSSR count). The Balaban J connectivity index is 1.91. The number of carbonyl (C=O) groups excluding carboxylic acids is 4. The fourth-order valence-electron chi connectivity index (χ4n) is 2.12. The average molecular weight is 270 g/mol. The maximum absolute atomic E-state index is 11.2. The molecule has 2 saturated heterocycles. The zero-order valence-corrected chi connectivity index (χ0v) is 10.5. The van der Waals surface area contributed by atoms with E-state index in [1.54, 1.807) is 9.80 Å². The van der Waals surface area contributed by atoms with Crippen molar-refractivity contribution in [2.75, 3.05) is 32.7 Å². The highest BCUT2D eigenvalue weighted by molar-refractivity contribution is 5.90. The van der Waals surface area contributed by atoms with Crippen LogP contribution in [0.3, 0.4) is 0 Å². The molecule has 0 N–H and O–H groups in total. The van der Waals surface area contributed by atoms with Gasteiger partial charge in [0, 0.05) is 12.6 Å². The van der Waals surface area contributed by atoms with Crippen molar-refractivity contribution in [3.05, 3.63) is 0 Å². The van der Waals surface area contributed by atoms with E-state index in [0.717, 1.165) is 0 Å². The van der Waals surface area contributed by atoms with Gasteiger partial charge in [0.2, 0.25) is 0 Å². The molecule has 0 aromatic rings. The Morgan fingerprint density at radius 2 is 1.32 bits per heavy atom. The topological polar surface area (TPSA) is 93.2 Å². The molecule has 0 radical (unpaired) electrons. The molecule has 0 aromatic heterocycles. The van der Waals surface area contributed by atoms with Gasteiger partial charge in [-0.2, -0.15) is 0 Å². The molecule has 0 spiro atoms. The van der Waals surface area contributed by atoms with Gasteiger partial charge in [-0.15, -0.1) is 0 Å². The number of esters is 4. The van der Waals surface area contributed by atoms with Crippen molar-refractivity contribution in [2.24, 2.45) is 0 Å². The summed E-state index contributed by atoms with van der Waals surface area (Å²) in [6.07, 6.45) is 0. The van der Waals surface area contributed by atoms with E-state index < -0.39 is 23.9 Å². The predicted molar refractivity (Wildman–Crippen MR) is 59.7 cm³/mol. The molecule has 1 atom stereocenters. The van der Waals surface area contributed by atoms with Crippen LogP contribution >= 0.6 is 0 Å². The van der Waals surface area contributed by atoms with Gasteiger partial charge in [0.15, 0.2) is 0 Å². The molecule has 0 unspecified atom stereocenters. The molecule has 8 nitrogen and oxygen atoms in total. The summed E-state index contributed by atoms with van der Waals surface area (Å²) in [5.74, 6) is -2.34. The number of cyclic esters (lactones) is 4. The molecule has 0 aliphatic carbocycles. The Kier molecular flexibility index (Phi) is 3.91. The summed E-state index contributed by atoms with van der Waals surface area (Å²) in [5.41, 5.74) is 0. The number of hydrogen-bond acceptors (Lipinski definition) is 8. The minimum absolute atomic E-state index is 0.0269. The maximum atomic E-state index is 11.2. The molecule has 8 heteroatoms. The van der Waals surface area contributed by atoms with Crippen molar-refractivity contribution < 1.29 is 28.7 Å². The monoisotopic (exact) mass is 270 g/mol. The molecule has 2 fully saturated rings. The third-order valence-corrected chi connectivity index (χ3v) is 2.97. The first-order valence-corrected chi connectivity index (χ1v) is 5.87. The normalized spacial score (nSPS) is 24.1. The second kappa shape index (κ2) is 5.45. The summed E-state index contributed by atoms with van der Waals surface area (Å²) in [6.45, 7) is 2.32. The Labute approximate surface area is 109 Å². The lowest BCUT2D eigenvalue weighted by atomic mass is 10.2. The van der Waals surface area contributed by atoms with Crippen LogP contribution in [0.2, 0.25) is 0 Å². The highest BCUT2D eigenvalue weighted by atomic mass is 16.6. The van der Waals surface area contributed by atoms with Crippen molar-refractivity contribution in [3.8, 4) is 0 Å². The summed E-state index contributed by atoms with van der Waals surface area (Å²) in [7, 11) is 0. The number of nitrogens with zero attached hydrogens (tertiary/aromatic N) is 2. The second-order valence-corrected chi connectivity index (χ2v) is 4.62. The molecule has 0 bridgehead atoms. The zero-order chi connectivity index (χ0) is 14.0. The van der Waals surface area contributed by atoms with Crippen molar-refractivity contribution in [1.29, 1.82) is 0 Å². The number of ether oxygens (including phenoxy) is 2. The first kappa shape index (κ1) is 13.6. The first-order chi connectivity index (χ1) is 8.94. The third-order valence-electron chi connectivity index (χ3n) is 2.97. The van der Waals surface area contributed by atoms with Crippen LogP contribution in [0.1, 0.15) is 6.92 Å². The maximum Gasteiger partial charge on any atom is 0.327 e. The fraction of sp³-hybridized carbons (Fsp3) is 0.636. The van der Waals surface area contributed by atoms with Crippen molar-refractivity contribution in [1.82, 2.24) is 9.80 Å². The van der Waals surface area contributed by atoms with E-state index in [2.05, 4.69) is 9.47 Å². The van der Waals surface area contributed by atoms with Gasteiger partial charge in [-0.1, -0.05) is 0 Å². The molecule has 2 aliphatic rings. The fourth-order valence-corrected chi connectivity index (χ4v) is 2.12. The van der Waals surface area contributed by atoms with Gasteiger partial charge in [0.05, 0.1) is 26.2 Å². The van der Waals surface area contributed by atoms with Crippen LogP contribution in [0, 0.1) is 0 Å².